The third-order valence-electron chi connectivity index (χ3n) is 5.21. The van der Waals surface area contributed by atoms with Crippen molar-refractivity contribution in [2.45, 2.75) is 48.2 Å². The van der Waals surface area contributed by atoms with E-state index < -0.39 is 14.9 Å². The first-order valence-corrected chi connectivity index (χ1v) is 11.6. The highest BCUT2D eigenvalue weighted by Crippen LogP contribution is 2.47. The molecule has 0 unspecified atom stereocenters. The molecule has 0 aromatic heterocycles. The van der Waals surface area contributed by atoms with Crippen molar-refractivity contribution >= 4 is 33.2 Å². The third-order valence-corrected chi connectivity index (χ3v) is 8.52. The molecule has 1 aliphatic carbocycles. The van der Waals surface area contributed by atoms with E-state index in [1.54, 1.807) is 11.8 Å². The first kappa shape index (κ1) is 19.4. The van der Waals surface area contributed by atoms with Gasteiger partial charge in [0.15, 0.2) is 0 Å². The van der Waals surface area contributed by atoms with Crippen LogP contribution in [-0.2, 0) is 10.0 Å². The fourth-order valence-electron chi connectivity index (χ4n) is 3.25. The molecule has 3 rings (SSSR count). The van der Waals surface area contributed by atoms with E-state index in [9.17, 15) is 18.5 Å². The van der Waals surface area contributed by atoms with Gasteiger partial charge in [0.05, 0.1) is 9.82 Å². The molecule has 0 bridgehead atoms. The minimum Gasteiger partial charge on any atom is -0.378 e. The summed E-state index contributed by atoms with van der Waals surface area (Å²) < 4.78 is 27.4. The summed E-state index contributed by atoms with van der Waals surface area (Å²) in [5.41, 5.74) is 0.197. The molecule has 2 fully saturated rings. The minimum absolute atomic E-state index is 0.00246. The molecule has 144 valence electrons. The summed E-state index contributed by atoms with van der Waals surface area (Å²) >= 11 is 1.76. The summed E-state index contributed by atoms with van der Waals surface area (Å²) in [6, 6.07) is 4.20. The molecule has 9 heteroatoms. The Bertz CT molecular complexity index is 770. The predicted molar refractivity (Wildman–Crippen MR) is 104 cm³/mol. The van der Waals surface area contributed by atoms with Crippen LogP contribution in [0.3, 0.4) is 0 Å². The van der Waals surface area contributed by atoms with Crippen molar-refractivity contribution in [3.8, 4) is 0 Å². The van der Waals surface area contributed by atoms with E-state index in [2.05, 4.69) is 5.32 Å². The monoisotopic (exact) mass is 399 g/mol. The van der Waals surface area contributed by atoms with Crippen LogP contribution in [0.5, 0.6) is 0 Å². The Morgan fingerprint density at radius 2 is 1.88 bits per heavy atom. The molecule has 1 saturated heterocycles. The third kappa shape index (κ3) is 4.15. The highest BCUT2D eigenvalue weighted by molar-refractivity contribution is 8.00. The lowest BCUT2D eigenvalue weighted by Gasteiger charge is -2.20. The molecule has 1 N–H and O–H groups in total. The zero-order valence-corrected chi connectivity index (χ0v) is 16.6. The maximum Gasteiger partial charge on any atom is 0.293 e. The van der Waals surface area contributed by atoms with Gasteiger partial charge >= 0.3 is 0 Å². The SMILES string of the molecule is CSC1(CNc2ccc(S(=O)(=O)N3CCCCCC3)cc2[N+](=O)[O-])CC1. The highest BCUT2D eigenvalue weighted by Gasteiger charge is 2.42. The Kier molecular flexibility index (Phi) is 5.78. The van der Waals surface area contributed by atoms with E-state index >= 15 is 0 Å². The van der Waals surface area contributed by atoms with E-state index in [0.29, 0.717) is 25.3 Å². The summed E-state index contributed by atoms with van der Waals surface area (Å²) in [6.45, 7) is 1.60. The van der Waals surface area contributed by atoms with E-state index in [4.69, 9.17) is 0 Å². The topological polar surface area (TPSA) is 92.6 Å². The van der Waals surface area contributed by atoms with Crippen molar-refractivity contribution < 1.29 is 13.3 Å². The lowest BCUT2D eigenvalue weighted by Crippen LogP contribution is -2.32. The molecule has 0 spiro atoms. The molecular weight excluding hydrogens is 374 g/mol. The average Bonchev–Trinajstić information content (AvgIpc) is 3.44. The number of rotatable bonds is 7. The number of thioether (sulfide) groups is 1. The summed E-state index contributed by atoms with van der Waals surface area (Å²) in [5.74, 6) is 0. The van der Waals surface area contributed by atoms with Gasteiger partial charge in [-0.2, -0.15) is 16.1 Å². The van der Waals surface area contributed by atoms with Crippen molar-refractivity contribution in [1.29, 1.82) is 0 Å². The smallest absolute Gasteiger partial charge is 0.293 e. The van der Waals surface area contributed by atoms with Gasteiger partial charge in [-0.25, -0.2) is 8.42 Å². The Hall–Kier alpha value is -1.32. The number of nitro benzene ring substituents is 1. The summed E-state index contributed by atoms with van der Waals surface area (Å²) in [4.78, 5) is 11.0. The van der Waals surface area contributed by atoms with Crippen LogP contribution in [0.25, 0.3) is 0 Å². The Morgan fingerprint density at radius 1 is 1.23 bits per heavy atom. The fraction of sp³-hybridized carbons (Fsp3) is 0.647. The Labute approximate surface area is 158 Å². The van der Waals surface area contributed by atoms with Gasteiger partial charge in [-0.3, -0.25) is 10.1 Å². The van der Waals surface area contributed by atoms with Crippen LogP contribution in [0.1, 0.15) is 38.5 Å². The van der Waals surface area contributed by atoms with Crippen LogP contribution < -0.4 is 5.32 Å². The normalized spacial score (nSPS) is 20.3. The summed E-state index contributed by atoms with van der Waals surface area (Å²) in [6.07, 6.45) is 7.93. The molecule has 26 heavy (non-hydrogen) atoms. The number of anilines is 1. The quantitative estimate of drug-likeness (QED) is 0.557. The van der Waals surface area contributed by atoms with Crippen molar-refractivity contribution in [1.82, 2.24) is 4.31 Å². The number of nitrogens with one attached hydrogen (secondary N) is 1. The first-order valence-electron chi connectivity index (χ1n) is 8.96. The van der Waals surface area contributed by atoms with Gasteiger partial charge in [-0.05, 0) is 44.1 Å². The van der Waals surface area contributed by atoms with Crippen LogP contribution in [0.4, 0.5) is 11.4 Å². The Balaban J connectivity index is 1.84. The van der Waals surface area contributed by atoms with Crippen LogP contribution in [0.15, 0.2) is 23.1 Å². The number of sulfonamides is 1. The van der Waals surface area contributed by atoms with Crippen molar-refractivity contribution in [2.75, 3.05) is 31.2 Å². The summed E-state index contributed by atoms with van der Waals surface area (Å²) in [7, 11) is -3.70. The van der Waals surface area contributed by atoms with E-state index in [0.717, 1.165) is 38.5 Å². The number of nitrogens with zero attached hydrogens (tertiary/aromatic N) is 2. The zero-order chi connectivity index (χ0) is 18.8. The molecule has 7 nitrogen and oxygen atoms in total. The van der Waals surface area contributed by atoms with Gasteiger partial charge in [0.2, 0.25) is 10.0 Å². The van der Waals surface area contributed by atoms with Crippen molar-refractivity contribution in [2.24, 2.45) is 0 Å². The number of hydrogen-bond acceptors (Lipinski definition) is 6. The molecule has 0 radical (unpaired) electrons. The van der Waals surface area contributed by atoms with Crippen LogP contribution in [0, 0.1) is 10.1 Å². The average molecular weight is 400 g/mol. The van der Waals surface area contributed by atoms with Crippen molar-refractivity contribution in [3.63, 3.8) is 0 Å². The maximum absolute atomic E-state index is 12.9. The molecule has 0 amide bonds. The van der Waals surface area contributed by atoms with E-state index in [1.165, 1.54) is 22.5 Å². The molecule has 0 atom stereocenters. The molecule has 1 saturated carbocycles. The molecule has 1 aromatic rings. The van der Waals surface area contributed by atoms with Crippen LogP contribution in [-0.4, -0.2) is 48.3 Å². The molecule has 2 aliphatic rings. The second-order valence-electron chi connectivity index (χ2n) is 7.00. The van der Waals surface area contributed by atoms with Crippen molar-refractivity contribution in [3.05, 3.63) is 28.3 Å². The van der Waals surface area contributed by atoms with Gasteiger partial charge < -0.3 is 5.32 Å². The predicted octanol–water partition coefficient (Wildman–Crippen LogP) is 3.47. The van der Waals surface area contributed by atoms with Gasteiger partial charge in [-0.15, -0.1) is 0 Å². The maximum atomic E-state index is 12.9. The Morgan fingerprint density at radius 3 is 2.42 bits per heavy atom. The van der Waals surface area contributed by atoms with Gasteiger partial charge in [-0.1, -0.05) is 12.8 Å². The second kappa shape index (κ2) is 7.74. The fourth-order valence-corrected chi connectivity index (χ4v) is 5.52. The summed E-state index contributed by atoms with van der Waals surface area (Å²) in [5, 5.41) is 14.6. The minimum atomic E-state index is -3.70. The molecule has 1 aliphatic heterocycles. The van der Waals surface area contributed by atoms with Crippen LogP contribution in [0.2, 0.25) is 0 Å². The first-order chi connectivity index (χ1) is 12.4. The molecule has 1 aromatic carbocycles. The molecular formula is C17H25N3O4S2. The highest BCUT2D eigenvalue weighted by atomic mass is 32.2. The number of nitro groups is 1. The molecule has 1 heterocycles. The zero-order valence-electron chi connectivity index (χ0n) is 14.9. The number of hydrogen-bond donors (Lipinski definition) is 1. The standard InChI is InChI=1S/C17H25N3O4S2/c1-25-17(8-9-17)13-18-15-7-6-14(12-16(15)20(21)22)26(23,24)19-10-4-2-3-5-11-19/h6-7,12,18H,2-5,8-11,13H2,1H3. The van der Waals surface area contributed by atoms with Gasteiger partial charge in [0, 0.05) is 30.4 Å². The largest absolute Gasteiger partial charge is 0.378 e. The van der Waals surface area contributed by atoms with E-state index in [-0.39, 0.29) is 15.3 Å². The second-order valence-corrected chi connectivity index (χ2v) is 10.2. The van der Waals surface area contributed by atoms with Gasteiger partial charge in [0.1, 0.15) is 5.69 Å². The lowest BCUT2D eigenvalue weighted by molar-refractivity contribution is -0.384. The lowest BCUT2D eigenvalue weighted by atomic mass is 10.2. The van der Waals surface area contributed by atoms with E-state index in [1.807, 2.05) is 6.26 Å². The van der Waals surface area contributed by atoms with Gasteiger partial charge in [0.25, 0.3) is 5.69 Å². The number of benzene rings is 1. The van der Waals surface area contributed by atoms with Crippen LogP contribution >= 0.6 is 11.8 Å².